The molecule has 1 aliphatic heterocycles. The average Bonchev–Trinajstić information content (AvgIpc) is 3.47. The average molecular weight is 381 g/mol. The van der Waals surface area contributed by atoms with Crippen molar-refractivity contribution in [3.63, 3.8) is 0 Å². The summed E-state index contributed by atoms with van der Waals surface area (Å²) in [4.78, 5) is 24.2. The highest BCUT2D eigenvalue weighted by molar-refractivity contribution is 7.18. The van der Waals surface area contributed by atoms with Gasteiger partial charge in [-0.15, -0.1) is 22.7 Å². The fourth-order valence-corrected chi connectivity index (χ4v) is 5.21. The van der Waals surface area contributed by atoms with Crippen molar-refractivity contribution in [1.82, 2.24) is 14.9 Å². The van der Waals surface area contributed by atoms with Gasteiger partial charge in [0.2, 0.25) is 0 Å². The number of fused-ring (bicyclic) bond motifs is 1. The van der Waals surface area contributed by atoms with Crippen molar-refractivity contribution in [2.24, 2.45) is 0 Å². The maximum Gasteiger partial charge on any atom is 0.273 e. The predicted molar refractivity (Wildman–Crippen MR) is 102 cm³/mol. The molecule has 1 aromatic carbocycles. The smallest absolute Gasteiger partial charge is 0.273 e. The van der Waals surface area contributed by atoms with Crippen LogP contribution in [0.1, 0.15) is 34.4 Å². The van der Waals surface area contributed by atoms with Crippen molar-refractivity contribution in [2.45, 2.75) is 18.9 Å². The molecule has 0 saturated carbocycles. The zero-order chi connectivity index (χ0) is 17.5. The number of aromatic nitrogens is 2. The molecule has 1 aliphatic rings. The molecular formula is C19H15N3O2S2. The van der Waals surface area contributed by atoms with Gasteiger partial charge in [0.25, 0.3) is 5.91 Å². The molecule has 1 amide bonds. The van der Waals surface area contributed by atoms with Crippen LogP contribution in [0.3, 0.4) is 0 Å². The van der Waals surface area contributed by atoms with E-state index in [0.29, 0.717) is 11.5 Å². The zero-order valence-electron chi connectivity index (χ0n) is 13.8. The van der Waals surface area contributed by atoms with Crippen LogP contribution in [0, 0.1) is 0 Å². The molecular weight excluding hydrogens is 366 g/mol. The van der Waals surface area contributed by atoms with Crippen LogP contribution >= 0.6 is 22.7 Å². The third kappa shape index (κ3) is 2.64. The van der Waals surface area contributed by atoms with Gasteiger partial charge in [-0.1, -0.05) is 12.1 Å². The highest BCUT2D eigenvalue weighted by atomic mass is 32.1. The summed E-state index contributed by atoms with van der Waals surface area (Å²) < 4.78 is 6.54. The third-order valence-electron chi connectivity index (χ3n) is 4.56. The number of hydrogen-bond donors (Lipinski definition) is 0. The van der Waals surface area contributed by atoms with E-state index in [-0.39, 0.29) is 11.9 Å². The van der Waals surface area contributed by atoms with Crippen LogP contribution in [0.5, 0.6) is 0 Å². The molecule has 3 aromatic heterocycles. The molecule has 0 bridgehead atoms. The third-order valence-corrected chi connectivity index (χ3v) is 6.56. The number of amides is 1. The molecule has 0 N–H and O–H groups in total. The van der Waals surface area contributed by atoms with Gasteiger partial charge in [-0.05, 0) is 37.1 Å². The molecule has 1 fully saturated rings. The summed E-state index contributed by atoms with van der Waals surface area (Å²) >= 11 is 3.11. The zero-order valence-corrected chi connectivity index (χ0v) is 15.4. The number of benzene rings is 1. The van der Waals surface area contributed by atoms with Crippen molar-refractivity contribution in [3.8, 4) is 10.8 Å². The first-order chi connectivity index (χ1) is 12.8. The highest BCUT2D eigenvalue weighted by Gasteiger charge is 2.33. The quantitative estimate of drug-likeness (QED) is 0.502. The van der Waals surface area contributed by atoms with E-state index in [2.05, 4.69) is 11.1 Å². The minimum atomic E-state index is -0.0270. The molecule has 4 heterocycles. The largest absolute Gasteiger partial charge is 0.462 e. The van der Waals surface area contributed by atoms with Crippen LogP contribution in [-0.2, 0) is 0 Å². The van der Waals surface area contributed by atoms with Gasteiger partial charge < -0.3 is 9.32 Å². The normalized spacial score (nSPS) is 17.2. The number of thiazole rings is 2. The van der Waals surface area contributed by atoms with E-state index in [1.54, 1.807) is 17.6 Å². The van der Waals surface area contributed by atoms with E-state index in [1.807, 2.05) is 40.6 Å². The number of hydrogen-bond acceptors (Lipinski definition) is 6. The van der Waals surface area contributed by atoms with E-state index in [0.717, 1.165) is 39.6 Å². The van der Waals surface area contributed by atoms with Gasteiger partial charge >= 0.3 is 0 Å². The Labute approximate surface area is 157 Å². The first-order valence-corrected chi connectivity index (χ1v) is 10.1. The van der Waals surface area contributed by atoms with Crippen LogP contribution in [0.2, 0.25) is 0 Å². The maximum absolute atomic E-state index is 13.0. The summed E-state index contributed by atoms with van der Waals surface area (Å²) in [5.74, 6) is 0.666. The van der Waals surface area contributed by atoms with Gasteiger partial charge in [-0.3, -0.25) is 4.79 Å². The van der Waals surface area contributed by atoms with Crippen molar-refractivity contribution in [2.75, 3.05) is 6.54 Å². The SMILES string of the molecule is O=C(c1csc(-c2ccco2)n1)N1CCCC1c1nc2ccccc2s1. The Balaban J connectivity index is 1.44. The fraction of sp³-hybridized carbons (Fsp3) is 0.211. The number of likely N-dealkylation sites (tertiary alicyclic amines) is 1. The number of rotatable bonds is 3. The summed E-state index contributed by atoms with van der Waals surface area (Å²) in [6.45, 7) is 0.743. The number of carbonyl (C=O) groups excluding carboxylic acids is 1. The molecule has 4 aromatic rings. The van der Waals surface area contributed by atoms with E-state index in [1.165, 1.54) is 11.3 Å². The summed E-state index contributed by atoms with van der Waals surface area (Å²) in [5.41, 5.74) is 1.48. The molecule has 7 heteroatoms. The monoisotopic (exact) mass is 381 g/mol. The summed E-state index contributed by atoms with van der Waals surface area (Å²) in [5, 5.41) is 3.56. The Hall–Kier alpha value is -2.51. The topological polar surface area (TPSA) is 59.2 Å². The lowest BCUT2D eigenvalue weighted by atomic mass is 10.2. The summed E-state index contributed by atoms with van der Waals surface area (Å²) in [6.07, 6.45) is 3.55. The predicted octanol–water partition coefficient (Wildman–Crippen LogP) is 4.99. The Morgan fingerprint density at radius 3 is 2.96 bits per heavy atom. The molecule has 0 spiro atoms. The summed E-state index contributed by atoms with van der Waals surface area (Å²) in [6, 6.07) is 11.8. The fourth-order valence-electron chi connectivity index (χ4n) is 3.33. The first-order valence-electron chi connectivity index (χ1n) is 8.45. The molecule has 0 radical (unpaired) electrons. The molecule has 1 saturated heterocycles. The van der Waals surface area contributed by atoms with E-state index in [9.17, 15) is 4.79 Å². The van der Waals surface area contributed by atoms with Gasteiger partial charge in [0.15, 0.2) is 10.8 Å². The maximum atomic E-state index is 13.0. The Kier molecular flexibility index (Phi) is 3.83. The van der Waals surface area contributed by atoms with Gasteiger partial charge in [0.05, 0.1) is 22.5 Å². The summed E-state index contributed by atoms with van der Waals surface area (Å²) in [7, 11) is 0. The minimum Gasteiger partial charge on any atom is -0.462 e. The Morgan fingerprint density at radius 2 is 2.12 bits per heavy atom. The number of carbonyl (C=O) groups is 1. The lowest BCUT2D eigenvalue weighted by Gasteiger charge is -2.22. The second-order valence-electron chi connectivity index (χ2n) is 6.19. The van der Waals surface area contributed by atoms with E-state index >= 15 is 0 Å². The van der Waals surface area contributed by atoms with Crippen molar-refractivity contribution < 1.29 is 9.21 Å². The molecule has 1 unspecified atom stereocenters. The van der Waals surface area contributed by atoms with Crippen LogP contribution in [0.25, 0.3) is 21.0 Å². The lowest BCUT2D eigenvalue weighted by molar-refractivity contribution is 0.0730. The molecule has 5 nitrogen and oxygen atoms in total. The van der Waals surface area contributed by atoms with E-state index in [4.69, 9.17) is 9.40 Å². The molecule has 5 rings (SSSR count). The molecule has 26 heavy (non-hydrogen) atoms. The van der Waals surface area contributed by atoms with Gasteiger partial charge in [0.1, 0.15) is 10.7 Å². The van der Waals surface area contributed by atoms with Crippen LogP contribution in [-0.4, -0.2) is 27.3 Å². The lowest BCUT2D eigenvalue weighted by Crippen LogP contribution is -2.30. The van der Waals surface area contributed by atoms with E-state index < -0.39 is 0 Å². The van der Waals surface area contributed by atoms with Gasteiger partial charge in [0, 0.05) is 11.9 Å². The second-order valence-corrected chi connectivity index (χ2v) is 8.11. The van der Waals surface area contributed by atoms with Crippen molar-refractivity contribution in [1.29, 1.82) is 0 Å². The standard InChI is InChI=1S/C19H15N3O2S2/c23-19(13-11-25-18(21-13)15-7-4-10-24-15)22-9-3-6-14(22)17-20-12-5-1-2-8-16(12)26-17/h1-2,4-5,7-8,10-11,14H,3,6,9H2. The number of para-hydroxylation sites is 1. The first kappa shape index (κ1) is 15.7. The molecule has 130 valence electrons. The van der Waals surface area contributed by atoms with Crippen molar-refractivity contribution in [3.05, 3.63) is 58.7 Å². The van der Waals surface area contributed by atoms with Gasteiger partial charge in [-0.2, -0.15) is 0 Å². The molecule has 1 atom stereocenters. The van der Waals surface area contributed by atoms with Crippen LogP contribution in [0.15, 0.2) is 52.5 Å². The number of nitrogens with zero attached hydrogens (tertiary/aromatic N) is 3. The Morgan fingerprint density at radius 1 is 1.19 bits per heavy atom. The minimum absolute atomic E-state index is 0.0270. The van der Waals surface area contributed by atoms with Gasteiger partial charge in [-0.25, -0.2) is 9.97 Å². The Bertz CT molecular complexity index is 1030. The van der Waals surface area contributed by atoms with Crippen LogP contribution in [0.4, 0.5) is 0 Å². The van der Waals surface area contributed by atoms with Crippen molar-refractivity contribution >= 4 is 38.8 Å². The highest BCUT2D eigenvalue weighted by Crippen LogP contribution is 2.37. The van der Waals surface area contributed by atoms with Crippen LogP contribution < -0.4 is 0 Å². The molecule has 0 aliphatic carbocycles. The second kappa shape index (κ2) is 6.34. The number of furan rings is 1.